The van der Waals surface area contributed by atoms with Gasteiger partial charge in [-0.2, -0.15) is 0 Å². The van der Waals surface area contributed by atoms with Crippen LogP contribution in [0, 0.1) is 0 Å². The molecule has 2 N–H and O–H groups in total. The number of carbonyl (C=O) groups is 1. The average Bonchev–Trinajstić information content (AvgIpc) is 2.50. The van der Waals surface area contributed by atoms with Gasteiger partial charge in [-0.15, -0.1) is 0 Å². The van der Waals surface area contributed by atoms with Crippen molar-refractivity contribution in [2.24, 2.45) is 0 Å². The second-order valence-corrected chi connectivity index (χ2v) is 5.84. The van der Waals surface area contributed by atoms with Crippen molar-refractivity contribution in [3.8, 4) is 5.75 Å². The van der Waals surface area contributed by atoms with Gasteiger partial charge in [0.1, 0.15) is 5.75 Å². The summed E-state index contributed by atoms with van der Waals surface area (Å²) in [5.74, 6) is 0.694. The van der Waals surface area contributed by atoms with Crippen LogP contribution in [0.15, 0.2) is 24.3 Å². The highest BCUT2D eigenvalue weighted by Crippen LogP contribution is 2.24. The molecule has 1 aliphatic heterocycles. The summed E-state index contributed by atoms with van der Waals surface area (Å²) in [7, 11) is 3.61. The summed E-state index contributed by atoms with van der Waals surface area (Å²) in [5, 5.41) is 6.29. The number of anilines is 1. The Kier molecular flexibility index (Phi) is 5.20. The van der Waals surface area contributed by atoms with E-state index in [0.717, 1.165) is 31.6 Å². The number of benzene rings is 1. The maximum absolute atomic E-state index is 12.2. The minimum atomic E-state index is 0.00700. The standard InChI is InChI=1S/C16H25N3O2/c1-16(17-2)8-10-19(11-9-16)12-15(20)18-13-6-4-5-7-14(13)21-3/h4-7,17H,8-12H2,1-3H3,(H,18,20). The number of piperidine rings is 1. The molecule has 0 saturated carbocycles. The Bertz CT molecular complexity index is 482. The summed E-state index contributed by atoms with van der Waals surface area (Å²) >= 11 is 0. The predicted octanol–water partition coefficient (Wildman–Crippen LogP) is 1.71. The molecule has 1 fully saturated rings. The fraction of sp³-hybridized carbons (Fsp3) is 0.562. The Labute approximate surface area is 126 Å². The first-order chi connectivity index (χ1) is 10.1. The number of nitrogens with one attached hydrogen (secondary N) is 2. The zero-order valence-corrected chi connectivity index (χ0v) is 13.1. The van der Waals surface area contributed by atoms with Crippen molar-refractivity contribution in [1.29, 1.82) is 0 Å². The molecule has 1 saturated heterocycles. The first kappa shape index (κ1) is 15.8. The zero-order valence-electron chi connectivity index (χ0n) is 13.1. The van der Waals surface area contributed by atoms with Gasteiger partial charge in [0.2, 0.25) is 5.91 Å². The number of likely N-dealkylation sites (tertiary alicyclic amines) is 1. The van der Waals surface area contributed by atoms with E-state index < -0.39 is 0 Å². The number of para-hydroxylation sites is 2. The van der Waals surface area contributed by atoms with Gasteiger partial charge in [0, 0.05) is 18.6 Å². The largest absolute Gasteiger partial charge is 0.495 e. The van der Waals surface area contributed by atoms with Crippen LogP contribution in [0.5, 0.6) is 5.75 Å². The van der Waals surface area contributed by atoms with E-state index in [1.807, 2.05) is 31.3 Å². The monoisotopic (exact) mass is 291 g/mol. The lowest BCUT2D eigenvalue weighted by Gasteiger charge is -2.39. The van der Waals surface area contributed by atoms with Crippen molar-refractivity contribution in [2.45, 2.75) is 25.3 Å². The topological polar surface area (TPSA) is 53.6 Å². The van der Waals surface area contributed by atoms with E-state index in [2.05, 4.69) is 22.5 Å². The van der Waals surface area contributed by atoms with Crippen LogP contribution in [0.4, 0.5) is 5.69 Å². The van der Waals surface area contributed by atoms with Crippen molar-refractivity contribution in [3.05, 3.63) is 24.3 Å². The maximum Gasteiger partial charge on any atom is 0.238 e. The van der Waals surface area contributed by atoms with Crippen LogP contribution < -0.4 is 15.4 Å². The van der Waals surface area contributed by atoms with Gasteiger partial charge in [-0.25, -0.2) is 0 Å². The molecule has 21 heavy (non-hydrogen) atoms. The van der Waals surface area contributed by atoms with Crippen molar-refractivity contribution >= 4 is 11.6 Å². The van der Waals surface area contributed by atoms with E-state index in [9.17, 15) is 4.79 Å². The average molecular weight is 291 g/mol. The molecular weight excluding hydrogens is 266 g/mol. The van der Waals surface area contributed by atoms with Crippen LogP contribution in [0.25, 0.3) is 0 Å². The van der Waals surface area contributed by atoms with E-state index in [1.165, 1.54) is 0 Å². The predicted molar refractivity (Wildman–Crippen MR) is 84.8 cm³/mol. The highest BCUT2D eigenvalue weighted by atomic mass is 16.5. The molecule has 5 nitrogen and oxygen atoms in total. The fourth-order valence-corrected chi connectivity index (χ4v) is 2.60. The quantitative estimate of drug-likeness (QED) is 0.867. The molecule has 0 aromatic heterocycles. The first-order valence-corrected chi connectivity index (χ1v) is 7.40. The van der Waals surface area contributed by atoms with Crippen LogP contribution in [0.2, 0.25) is 0 Å². The molecule has 0 bridgehead atoms. The van der Waals surface area contributed by atoms with Gasteiger partial charge in [0.25, 0.3) is 0 Å². The number of amides is 1. The Morgan fingerprint density at radius 2 is 2.00 bits per heavy atom. The summed E-state index contributed by atoms with van der Waals surface area (Å²) < 4.78 is 5.24. The third kappa shape index (κ3) is 4.19. The SMILES string of the molecule is CNC1(C)CCN(CC(=O)Nc2ccccc2OC)CC1. The molecule has 2 rings (SSSR count). The summed E-state index contributed by atoms with van der Waals surface area (Å²) in [6.45, 7) is 4.55. The first-order valence-electron chi connectivity index (χ1n) is 7.40. The van der Waals surface area contributed by atoms with E-state index in [4.69, 9.17) is 4.74 Å². The lowest BCUT2D eigenvalue weighted by Crippen LogP contribution is -2.51. The maximum atomic E-state index is 12.2. The van der Waals surface area contributed by atoms with Crippen molar-refractivity contribution in [3.63, 3.8) is 0 Å². The van der Waals surface area contributed by atoms with Crippen molar-refractivity contribution in [2.75, 3.05) is 39.1 Å². The van der Waals surface area contributed by atoms with Gasteiger partial charge in [0.05, 0.1) is 19.3 Å². The number of hydrogen-bond donors (Lipinski definition) is 2. The minimum Gasteiger partial charge on any atom is -0.495 e. The molecule has 1 aromatic carbocycles. The number of rotatable bonds is 5. The van der Waals surface area contributed by atoms with Crippen molar-refractivity contribution < 1.29 is 9.53 Å². The molecule has 0 radical (unpaired) electrons. The number of nitrogens with zero attached hydrogens (tertiary/aromatic N) is 1. The Balaban J connectivity index is 1.86. The van der Waals surface area contributed by atoms with E-state index in [0.29, 0.717) is 12.3 Å². The highest BCUT2D eigenvalue weighted by Gasteiger charge is 2.28. The Morgan fingerprint density at radius 3 is 2.62 bits per heavy atom. The van der Waals surface area contributed by atoms with Crippen LogP contribution in [0.1, 0.15) is 19.8 Å². The molecule has 0 aliphatic carbocycles. The normalized spacial score (nSPS) is 18.2. The molecule has 1 aromatic rings. The number of ether oxygens (including phenoxy) is 1. The van der Waals surface area contributed by atoms with Crippen molar-refractivity contribution in [1.82, 2.24) is 10.2 Å². The van der Waals surface area contributed by atoms with Crippen LogP contribution in [-0.4, -0.2) is 50.1 Å². The molecule has 5 heteroatoms. The van der Waals surface area contributed by atoms with Gasteiger partial charge in [-0.3, -0.25) is 9.69 Å². The lowest BCUT2D eigenvalue weighted by molar-refractivity contribution is -0.117. The third-order valence-electron chi connectivity index (χ3n) is 4.31. The number of methoxy groups -OCH3 is 1. The Hall–Kier alpha value is -1.59. The van der Waals surface area contributed by atoms with Gasteiger partial charge < -0.3 is 15.4 Å². The van der Waals surface area contributed by atoms with Crippen LogP contribution in [-0.2, 0) is 4.79 Å². The molecular formula is C16H25N3O2. The fourth-order valence-electron chi connectivity index (χ4n) is 2.60. The van der Waals surface area contributed by atoms with Crippen LogP contribution >= 0.6 is 0 Å². The van der Waals surface area contributed by atoms with E-state index in [1.54, 1.807) is 7.11 Å². The molecule has 1 heterocycles. The zero-order chi connectivity index (χ0) is 15.3. The molecule has 0 unspecified atom stereocenters. The van der Waals surface area contributed by atoms with Gasteiger partial charge in [-0.1, -0.05) is 12.1 Å². The van der Waals surface area contributed by atoms with E-state index in [-0.39, 0.29) is 11.4 Å². The summed E-state index contributed by atoms with van der Waals surface area (Å²) in [6.07, 6.45) is 2.12. The highest BCUT2D eigenvalue weighted by molar-refractivity contribution is 5.93. The molecule has 1 aliphatic rings. The molecule has 116 valence electrons. The summed E-state index contributed by atoms with van der Waals surface area (Å²) in [6, 6.07) is 7.47. The van der Waals surface area contributed by atoms with Gasteiger partial charge in [-0.05, 0) is 38.9 Å². The molecule has 1 amide bonds. The minimum absolute atomic E-state index is 0.00700. The molecule has 0 spiro atoms. The second-order valence-electron chi connectivity index (χ2n) is 5.84. The third-order valence-corrected chi connectivity index (χ3v) is 4.31. The van der Waals surface area contributed by atoms with Gasteiger partial charge >= 0.3 is 0 Å². The van der Waals surface area contributed by atoms with Gasteiger partial charge in [0.15, 0.2) is 0 Å². The smallest absolute Gasteiger partial charge is 0.238 e. The molecule has 0 atom stereocenters. The Morgan fingerprint density at radius 1 is 1.33 bits per heavy atom. The van der Waals surface area contributed by atoms with E-state index >= 15 is 0 Å². The lowest BCUT2D eigenvalue weighted by atomic mass is 9.90. The van der Waals surface area contributed by atoms with Crippen LogP contribution in [0.3, 0.4) is 0 Å². The number of hydrogen-bond acceptors (Lipinski definition) is 4. The number of carbonyl (C=O) groups excluding carboxylic acids is 1. The summed E-state index contributed by atoms with van der Waals surface area (Å²) in [5.41, 5.74) is 0.928. The summed E-state index contributed by atoms with van der Waals surface area (Å²) in [4.78, 5) is 14.4. The second kappa shape index (κ2) is 6.91.